The van der Waals surface area contributed by atoms with E-state index in [1.807, 2.05) is 48.5 Å². The van der Waals surface area contributed by atoms with E-state index in [0.717, 1.165) is 41.3 Å². The molecule has 0 radical (unpaired) electrons. The lowest BCUT2D eigenvalue weighted by atomic mass is 9.94. The summed E-state index contributed by atoms with van der Waals surface area (Å²) in [6, 6.07) is 20.2. The number of ether oxygens (including phenoxy) is 1. The third kappa shape index (κ3) is 8.97. The Morgan fingerprint density at radius 1 is 1.00 bits per heavy atom. The highest BCUT2D eigenvalue weighted by Gasteiger charge is 2.32. The Kier molecular flexibility index (Phi) is 11.5. The third-order valence-electron chi connectivity index (χ3n) is 7.55. The molecule has 0 heterocycles. The Balaban J connectivity index is 1.63. The molecule has 0 unspecified atom stereocenters. The second-order valence-electron chi connectivity index (χ2n) is 10.9. The topological polar surface area (TPSA) is 58.6 Å². The van der Waals surface area contributed by atoms with Crippen LogP contribution in [0.3, 0.4) is 0 Å². The molecule has 0 aliphatic heterocycles. The monoisotopic (exact) mass is 658 g/mol. The molecule has 218 valence electrons. The number of nitrogens with one attached hydrogen (secondary N) is 1. The summed E-state index contributed by atoms with van der Waals surface area (Å²) >= 11 is 16.3. The molecule has 2 amide bonds. The first-order valence-electron chi connectivity index (χ1n) is 14.2. The zero-order valence-electron chi connectivity index (χ0n) is 23.5. The summed E-state index contributed by atoms with van der Waals surface area (Å²) in [7, 11) is 0. The fourth-order valence-corrected chi connectivity index (χ4v) is 6.13. The van der Waals surface area contributed by atoms with Crippen molar-refractivity contribution >= 4 is 50.9 Å². The largest absolute Gasteiger partial charge is 0.483 e. The minimum atomic E-state index is -0.756. The average molecular weight is 660 g/mol. The van der Waals surface area contributed by atoms with E-state index in [4.69, 9.17) is 27.9 Å². The number of hydrogen-bond acceptors (Lipinski definition) is 3. The average Bonchev–Trinajstić information content (AvgIpc) is 2.96. The standard InChI is InChI=1S/C33H37BrCl2N2O3/c1-22(2)24-14-16-31(28(34)18-24)41-21-32(39)38(20-25-13-15-26(35)19-29(25)36)30(17-23-9-5-3-6-10-23)33(40)37-27-11-7-4-8-12-27/h3,5-6,9-10,13-16,18-19,22,27,30H,4,7-8,11-12,17,20-21H2,1-2H3,(H,37,40)/t30-/m0/s1. The van der Waals surface area contributed by atoms with Crippen molar-refractivity contribution in [1.82, 2.24) is 10.2 Å². The number of benzene rings is 3. The number of carbonyl (C=O) groups excluding carboxylic acids is 2. The van der Waals surface area contributed by atoms with Gasteiger partial charge in [-0.1, -0.05) is 98.8 Å². The van der Waals surface area contributed by atoms with E-state index in [9.17, 15) is 9.59 Å². The van der Waals surface area contributed by atoms with Crippen molar-refractivity contribution < 1.29 is 14.3 Å². The number of rotatable bonds is 11. The van der Waals surface area contributed by atoms with Gasteiger partial charge >= 0.3 is 0 Å². The normalized spacial score (nSPS) is 14.5. The van der Waals surface area contributed by atoms with Crippen molar-refractivity contribution in [1.29, 1.82) is 0 Å². The molecule has 0 spiro atoms. The Morgan fingerprint density at radius 3 is 2.39 bits per heavy atom. The quantitative estimate of drug-likeness (QED) is 0.225. The van der Waals surface area contributed by atoms with Gasteiger partial charge in [-0.25, -0.2) is 0 Å². The predicted molar refractivity (Wildman–Crippen MR) is 170 cm³/mol. The molecule has 0 saturated heterocycles. The van der Waals surface area contributed by atoms with Crippen LogP contribution in [-0.4, -0.2) is 35.4 Å². The number of hydrogen-bond donors (Lipinski definition) is 1. The number of amides is 2. The maximum Gasteiger partial charge on any atom is 0.261 e. The fourth-order valence-electron chi connectivity index (χ4n) is 5.15. The van der Waals surface area contributed by atoms with Gasteiger partial charge in [0.25, 0.3) is 5.91 Å². The number of halogens is 3. The first-order valence-corrected chi connectivity index (χ1v) is 15.8. The molecule has 4 rings (SSSR count). The molecule has 1 aliphatic carbocycles. The van der Waals surface area contributed by atoms with E-state index < -0.39 is 6.04 Å². The van der Waals surface area contributed by atoms with E-state index in [1.54, 1.807) is 23.1 Å². The lowest BCUT2D eigenvalue weighted by Gasteiger charge is -2.33. The molecular formula is C33H37BrCl2N2O3. The van der Waals surface area contributed by atoms with Crippen molar-refractivity contribution in [2.24, 2.45) is 0 Å². The molecule has 1 saturated carbocycles. The van der Waals surface area contributed by atoms with Gasteiger partial charge in [0.05, 0.1) is 4.47 Å². The highest BCUT2D eigenvalue weighted by Crippen LogP contribution is 2.30. The molecule has 8 heteroatoms. The maximum atomic E-state index is 14.0. The van der Waals surface area contributed by atoms with E-state index >= 15 is 0 Å². The van der Waals surface area contributed by atoms with Crippen LogP contribution in [0.4, 0.5) is 0 Å². The van der Waals surface area contributed by atoms with Gasteiger partial charge in [0.2, 0.25) is 5.91 Å². The summed E-state index contributed by atoms with van der Waals surface area (Å²) < 4.78 is 6.79. The van der Waals surface area contributed by atoms with Crippen LogP contribution in [-0.2, 0) is 22.6 Å². The summed E-state index contributed by atoms with van der Waals surface area (Å²) in [4.78, 5) is 29.5. The van der Waals surface area contributed by atoms with Gasteiger partial charge in [-0.15, -0.1) is 0 Å². The van der Waals surface area contributed by atoms with Crippen LogP contribution in [0.2, 0.25) is 10.0 Å². The van der Waals surface area contributed by atoms with E-state index in [2.05, 4.69) is 35.1 Å². The summed E-state index contributed by atoms with van der Waals surface area (Å²) in [5.74, 6) is 0.457. The van der Waals surface area contributed by atoms with E-state index in [0.29, 0.717) is 33.7 Å². The Morgan fingerprint density at radius 2 is 1.73 bits per heavy atom. The molecule has 1 aliphatic rings. The van der Waals surface area contributed by atoms with Crippen LogP contribution in [0.1, 0.15) is 68.6 Å². The first kappa shape index (κ1) is 31.4. The zero-order chi connectivity index (χ0) is 29.4. The van der Waals surface area contributed by atoms with Crippen molar-refractivity contribution in [3.63, 3.8) is 0 Å². The summed E-state index contributed by atoms with van der Waals surface area (Å²) in [5.41, 5.74) is 2.83. The lowest BCUT2D eigenvalue weighted by Crippen LogP contribution is -2.53. The van der Waals surface area contributed by atoms with E-state index in [1.165, 1.54) is 6.42 Å². The third-order valence-corrected chi connectivity index (χ3v) is 8.76. The Bertz CT molecular complexity index is 1330. The molecule has 1 fully saturated rings. The maximum absolute atomic E-state index is 14.0. The molecule has 1 atom stereocenters. The molecule has 3 aromatic carbocycles. The minimum Gasteiger partial charge on any atom is -0.483 e. The molecular weight excluding hydrogens is 623 g/mol. The Hall–Kier alpha value is -2.54. The van der Waals surface area contributed by atoms with Gasteiger partial charge in [0, 0.05) is 29.1 Å². The highest BCUT2D eigenvalue weighted by atomic mass is 79.9. The predicted octanol–water partition coefficient (Wildman–Crippen LogP) is 8.35. The summed E-state index contributed by atoms with van der Waals surface area (Å²) in [6.07, 6.45) is 5.63. The fraction of sp³-hybridized carbons (Fsp3) is 0.394. The molecule has 41 heavy (non-hydrogen) atoms. The van der Waals surface area contributed by atoms with Gasteiger partial charge in [0.1, 0.15) is 11.8 Å². The molecule has 1 N–H and O–H groups in total. The second-order valence-corrected chi connectivity index (χ2v) is 12.6. The van der Waals surface area contributed by atoms with Gasteiger partial charge < -0.3 is 15.0 Å². The lowest BCUT2D eigenvalue weighted by molar-refractivity contribution is -0.143. The van der Waals surface area contributed by atoms with Crippen LogP contribution in [0.15, 0.2) is 71.2 Å². The van der Waals surface area contributed by atoms with Gasteiger partial charge in [-0.2, -0.15) is 0 Å². The molecule has 0 aromatic heterocycles. The molecule has 5 nitrogen and oxygen atoms in total. The van der Waals surface area contributed by atoms with Gasteiger partial charge in [-0.05, 0) is 75.6 Å². The highest BCUT2D eigenvalue weighted by molar-refractivity contribution is 9.10. The summed E-state index contributed by atoms with van der Waals surface area (Å²) in [6.45, 7) is 4.15. The van der Waals surface area contributed by atoms with Crippen LogP contribution >= 0.6 is 39.1 Å². The number of carbonyl (C=O) groups is 2. The van der Waals surface area contributed by atoms with Crippen LogP contribution in [0, 0.1) is 0 Å². The van der Waals surface area contributed by atoms with Gasteiger partial charge in [0.15, 0.2) is 6.61 Å². The van der Waals surface area contributed by atoms with Gasteiger partial charge in [-0.3, -0.25) is 9.59 Å². The van der Waals surface area contributed by atoms with Crippen molar-refractivity contribution in [2.45, 2.75) is 76.9 Å². The van der Waals surface area contributed by atoms with Crippen molar-refractivity contribution in [3.8, 4) is 5.75 Å². The zero-order valence-corrected chi connectivity index (χ0v) is 26.6. The second kappa shape index (κ2) is 15.1. The Labute approximate surface area is 261 Å². The summed E-state index contributed by atoms with van der Waals surface area (Å²) in [5, 5.41) is 4.19. The van der Waals surface area contributed by atoms with Crippen molar-refractivity contribution in [3.05, 3.63) is 97.9 Å². The molecule has 0 bridgehead atoms. The number of nitrogens with zero attached hydrogens (tertiary/aromatic N) is 1. The first-order chi connectivity index (χ1) is 19.7. The smallest absolute Gasteiger partial charge is 0.261 e. The van der Waals surface area contributed by atoms with E-state index in [-0.39, 0.29) is 31.0 Å². The molecule has 3 aromatic rings. The van der Waals surface area contributed by atoms with Crippen LogP contribution in [0.5, 0.6) is 5.75 Å². The van der Waals surface area contributed by atoms with Crippen molar-refractivity contribution in [2.75, 3.05) is 6.61 Å². The van der Waals surface area contributed by atoms with Crippen LogP contribution in [0.25, 0.3) is 0 Å². The van der Waals surface area contributed by atoms with Crippen LogP contribution < -0.4 is 10.1 Å². The SMILES string of the molecule is CC(C)c1ccc(OCC(=O)N(Cc2ccc(Cl)cc2Cl)[C@@H](Cc2ccccc2)C(=O)NC2CCCCC2)c(Br)c1. The minimum absolute atomic E-state index is 0.109.